The largest absolute Gasteiger partial charge is 0.454 e. The van der Waals surface area contributed by atoms with E-state index in [0.717, 1.165) is 25.2 Å². The van der Waals surface area contributed by atoms with Crippen LogP contribution in [0.25, 0.3) is 11.4 Å². The Labute approximate surface area is 206 Å². The molecule has 184 valence electrons. The third-order valence-corrected chi connectivity index (χ3v) is 6.93. The highest BCUT2D eigenvalue weighted by Crippen LogP contribution is 2.34. The van der Waals surface area contributed by atoms with E-state index in [-0.39, 0.29) is 18.5 Å². The van der Waals surface area contributed by atoms with Gasteiger partial charge in [0.25, 0.3) is 0 Å². The number of anilines is 1. The molecule has 3 heterocycles. The van der Waals surface area contributed by atoms with Crippen molar-refractivity contribution in [2.75, 3.05) is 45.0 Å². The van der Waals surface area contributed by atoms with Crippen molar-refractivity contribution in [1.29, 1.82) is 0 Å². The Hall–Kier alpha value is -3.15. The molecule has 0 spiro atoms. The molecule has 2 aliphatic heterocycles. The second-order valence-electron chi connectivity index (χ2n) is 8.24. The number of halogens is 1. The third kappa shape index (κ3) is 5.58. The number of ether oxygens (including phenoxy) is 3. The van der Waals surface area contributed by atoms with Crippen molar-refractivity contribution >= 4 is 23.4 Å². The number of hydrogen-bond donors (Lipinski definition) is 1. The van der Waals surface area contributed by atoms with E-state index in [1.54, 1.807) is 30.3 Å². The number of rotatable bonds is 8. The Morgan fingerprint density at radius 1 is 1.09 bits per heavy atom. The zero-order valence-electron chi connectivity index (χ0n) is 19.3. The molecule has 5 rings (SSSR count). The van der Waals surface area contributed by atoms with E-state index < -0.39 is 5.25 Å². The van der Waals surface area contributed by atoms with Crippen LogP contribution in [0.15, 0.2) is 47.6 Å². The van der Waals surface area contributed by atoms with Crippen molar-refractivity contribution in [3.05, 3.63) is 48.3 Å². The molecule has 9 nitrogen and oxygen atoms in total. The van der Waals surface area contributed by atoms with E-state index in [0.29, 0.717) is 47.9 Å². The Morgan fingerprint density at radius 3 is 2.66 bits per heavy atom. The standard InChI is InChI=1S/C24H26FN5O4S/c1-16(23(31)26-19-6-7-20-21(14-19)34-15-33-20)35-24-28-27-22(17-2-4-18(25)5-3-17)30(24)9-8-29-10-12-32-13-11-29/h2-7,14,16H,8-13,15H2,1H3,(H,26,31). The van der Waals surface area contributed by atoms with Crippen LogP contribution in [-0.4, -0.2) is 70.5 Å². The number of morpholine rings is 1. The van der Waals surface area contributed by atoms with Crippen molar-refractivity contribution in [2.45, 2.75) is 23.9 Å². The van der Waals surface area contributed by atoms with Crippen molar-refractivity contribution in [3.8, 4) is 22.9 Å². The summed E-state index contributed by atoms with van der Waals surface area (Å²) in [6.07, 6.45) is 0. The Kier molecular flexibility index (Phi) is 7.16. The van der Waals surface area contributed by atoms with Gasteiger partial charge < -0.3 is 24.1 Å². The van der Waals surface area contributed by atoms with Crippen LogP contribution in [0.4, 0.5) is 10.1 Å². The molecule has 0 aliphatic carbocycles. The molecule has 35 heavy (non-hydrogen) atoms. The van der Waals surface area contributed by atoms with Crippen molar-refractivity contribution in [3.63, 3.8) is 0 Å². The van der Waals surface area contributed by atoms with Gasteiger partial charge in [0.1, 0.15) is 5.82 Å². The summed E-state index contributed by atoms with van der Waals surface area (Å²) in [7, 11) is 0. The summed E-state index contributed by atoms with van der Waals surface area (Å²) >= 11 is 1.33. The first-order valence-corrected chi connectivity index (χ1v) is 12.3. The van der Waals surface area contributed by atoms with Gasteiger partial charge >= 0.3 is 0 Å². The minimum atomic E-state index is -0.437. The lowest BCUT2D eigenvalue weighted by Gasteiger charge is -2.27. The number of nitrogens with one attached hydrogen (secondary N) is 1. The number of nitrogens with zero attached hydrogens (tertiary/aromatic N) is 4. The molecule has 2 aromatic carbocycles. The van der Waals surface area contributed by atoms with E-state index >= 15 is 0 Å². The van der Waals surface area contributed by atoms with Crippen LogP contribution in [0, 0.1) is 5.82 Å². The Bertz CT molecular complexity index is 1180. The molecule has 1 aromatic heterocycles. The van der Waals surface area contributed by atoms with Crippen LogP contribution in [0.2, 0.25) is 0 Å². The van der Waals surface area contributed by atoms with Crippen LogP contribution in [-0.2, 0) is 16.1 Å². The number of aromatic nitrogens is 3. The van der Waals surface area contributed by atoms with E-state index in [2.05, 4.69) is 20.4 Å². The summed E-state index contributed by atoms with van der Waals surface area (Å²) in [4.78, 5) is 15.2. The summed E-state index contributed by atoms with van der Waals surface area (Å²) in [5.41, 5.74) is 1.40. The van der Waals surface area contributed by atoms with Gasteiger partial charge in [0, 0.05) is 43.5 Å². The summed E-state index contributed by atoms with van der Waals surface area (Å²) in [5.74, 6) is 1.43. The molecular weight excluding hydrogens is 473 g/mol. The van der Waals surface area contributed by atoms with Crippen molar-refractivity contribution in [2.24, 2.45) is 0 Å². The first kappa shape index (κ1) is 23.6. The van der Waals surface area contributed by atoms with Crippen LogP contribution >= 0.6 is 11.8 Å². The van der Waals surface area contributed by atoms with E-state index in [1.165, 1.54) is 23.9 Å². The molecule has 1 atom stereocenters. The molecule has 0 radical (unpaired) electrons. The molecule has 0 saturated carbocycles. The van der Waals surface area contributed by atoms with Gasteiger partial charge in [0.2, 0.25) is 12.7 Å². The third-order valence-electron chi connectivity index (χ3n) is 5.85. The van der Waals surface area contributed by atoms with Crippen LogP contribution < -0.4 is 14.8 Å². The summed E-state index contributed by atoms with van der Waals surface area (Å²) in [6, 6.07) is 11.5. The smallest absolute Gasteiger partial charge is 0.237 e. The zero-order valence-corrected chi connectivity index (χ0v) is 20.1. The number of hydrogen-bond acceptors (Lipinski definition) is 8. The molecule has 1 amide bonds. The minimum Gasteiger partial charge on any atom is -0.454 e. The van der Waals surface area contributed by atoms with Crippen LogP contribution in [0.5, 0.6) is 11.5 Å². The number of carbonyl (C=O) groups is 1. The fraction of sp³-hybridized carbons (Fsp3) is 0.375. The average Bonchev–Trinajstić information content (AvgIpc) is 3.50. The van der Waals surface area contributed by atoms with Gasteiger partial charge in [-0.3, -0.25) is 9.69 Å². The monoisotopic (exact) mass is 499 g/mol. The van der Waals surface area contributed by atoms with Gasteiger partial charge in [0.15, 0.2) is 22.5 Å². The number of benzene rings is 2. The zero-order chi connectivity index (χ0) is 24.2. The lowest BCUT2D eigenvalue weighted by atomic mass is 10.2. The number of carbonyl (C=O) groups excluding carboxylic acids is 1. The second-order valence-corrected chi connectivity index (χ2v) is 9.54. The number of thioether (sulfide) groups is 1. The van der Waals surface area contributed by atoms with Gasteiger partial charge in [-0.15, -0.1) is 10.2 Å². The molecule has 1 unspecified atom stereocenters. The minimum absolute atomic E-state index is 0.167. The molecule has 1 fully saturated rings. The molecule has 1 N–H and O–H groups in total. The fourth-order valence-corrected chi connectivity index (χ4v) is 4.76. The highest BCUT2D eigenvalue weighted by Gasteiger charge is 2.23. The predicted molar refractivity (Wildman–Crippen MR) is 129 cm³/mol. The van der Waals surface area contributed by atoms with E-state index in [9.17, 15) is 9.18 Å². The second kappa shape index (κ2) is 10.6. The first-order valence-electron chi connectivity index (χ1n) is 11.4. The quantitative estimate of drug-likeness (QED) is 0.473. The summed E-state index contributed by atoms with van der Waals surface area (Å²) in [5, 5.41) is 11.9. The first-order chi connectivity index (χ1) is 17.1. The lowest BCUT2D eigenvalue weighted by Crippen LogP contribution is -2.38. The number of fused-ring (bicyclic) bond motifs is 1. The highest BCUT2D eigenvalue weighted by atomic mass is 32.2. The molecule has 3 aromatic rings. The average molecular weight is 500 g/mol. The van der Waals surface area contributed by atoms with Crippen LogP contribution in [0.3, 0.4) is 0 Å². The summed E-state index contributed by atoms with van der Waals surface area (Å²) in [6.45, 7) is 6.59. The Morgan fingerprint density at radius 2 is 1.86 bits per heavy atom. The van der Waals surface area contributed by atoms with Gasteiger partial charge in [-0.1, -0.05) is 11.8 Å². The van der Waals surface area contributed by atoms with E-state index in [1.807, 2.05) is 11.5 Å². The molecule has 1 saturated heterocycles. The van der Waals surface area contributed by atoms with E-state index in [4.69, 9.17) is 14.2 Å². The lowest BCUT2D eigenvalue weighted by molar-refractivity contribution is -0.115. The Balaban J connectivity index is 1.31. The van der Waals surface area contributed by atoms with Crippen molar-refractivity contribution in [1.82, 2.24) is 19.7 Å². The highest BCUT2D eigenvalue weighted by molar-refractivity contribution is 8.00. The topological polar surface area (TPSA) is 90.7 Å². The number of amides is 1. The molecule has 0 bridgehead atoms. The van der Waals surface area contributed by atoms with Gasteiger partial charge in [-0.05, 0) is 43.3 Å². The fourth-order valence-electron chi connectivity index (χ4n) is 3.89. The van der Waals surface area contributed by atoms with Gasteiger partial charge in [-0.25, -0.2) is 4.39 Å². The molecule has 11 heteroatoms. The van der Waals surface area contributed by atoms with Gasteiger partial charge in [0.05, 0.1) is 18.5 Å². The normalized spacial score (nSPS) is 16.3. The summed E-state index contributed by atoms with van der Waals surface area (Å²) < 4.78 is 31.6. The predicted octanol–water partition coefficient (Wildman–Crippen LogP) is 3.26. The van der Waals surface area contributed by atoms with Gasteiger partial charge in [-0.2, -0.15) is 0 Å². The maximum absolute atomic E-state index is 13.5. The molecular formula is C24H26FN5O4S. The SMILES string of the molecule is CC(Sc1nnc(-c2ccc(F)cc2)n1CCN1CCOCC1)C(=O)Nc1ccc2c(c1)OCO2. The van der Waals surface area contributed by atoms with Crippen LogP contribution in [0.1, 0.15) is 6.92 Å². The maximum Gasteiger partial charge on any atom is 0.237 e. The maximum atomic E-state index is 13.5. The molecule has 2 aliphatic rings. The van der Waals surface area contributed by atoms with Crippen molar-refractivity contribution < 1.29 is 23.4 Å².